The lowest BCUT2D eigenvalue weighted by Crippen LogP contribution is -1.99. The molecule has 56 valence electrons. The Labute approximate surface area is 64.3 Å². The highest BCUT2D eigenvalue weighted by Crippen LogP contribution is 1.97. The first-order chi connectivity index (χ1) is 5.24. The van der Waals surface area contributed by atoms with Gasteiger partial charge in [-0.3, -0.25) is 9.48 Å². The van der Waals surface area contributed by atoms with Crippen molar-refractivity contribution in [3.8, 4) is 0 Å². The molecule has 4 nitrogen and oxygen atoms in total. The Hall–Kier alpha value is -1.63. The average Bonchev–Trinajstić information content (AvgIpc) is 2.36. The fourth-order valence-corrected chi connectivity index (χ4v) is 0.728. The van der Waals surface area contributed by atoms with E-state index in [2.05, 4.69) is 9.94 Å². The van der Waals surface area contributed by atoms with Crippen molar-refractivity contribution in [2.45, 2.75) is 0 Å². The highest BCUT2D eigenvalue weighted by Gasteiger charge is 2.09. The Morgan fingerprint density at radius 1 is 1.91 bits per heavy atom. The second kappa shape index (κ2) is 2.97. The zero-order chi connectivity index (χ0) is 8.27. The standard InChI is InChI=1S/C7H7N3O/c1-8-4-7(11)6-3-9-10(2)5-6/h3,5H,4H2,2H3. The molecule has 11 heavy (non-hydrogen) atoms. The summed E-state index contributed by atoms with van der Waals surface area (Å²) in [6.07, 6.45) is 3.07. The summed E-state index contributed by atoms with van der Waals surface area (Å²) in [5.41, 5.74) is 0.503. The van der Waals surface area contributed by atoms with Crippen LogP contribution in [0.4, 0.5) is 0 Å². The Morgan fingerprint density at radius 2 is 2.64 bits per heavy atom. The van der Waals surface area contributed by atoms with E-state index in [9.17, 15) is 4.79 Å². The van der Waals surface area contributed by atoms with E-state index in [1.165, 1.54) is 10.9 Å². The van der Waals surface area contributed by atoms with Crippen LogP contribution in [-0.4, -0.2) is 22.1 Å². The molecule has 0 bridgehead atoms. The van der Waals surface area contributed by atoms with Crippen molar-refractivity contribution in [1.82, 2.24) is 9.78 Å². The Morgan fingerprint density at radius 3 is 3.09 bits per heavy atom. The van der Waals surface area contributed by atoms with Gasteiger partial charge >= 0.3 is 0 Å². The van der Waals surface area contributed by atoms with Gasteiger partial charge in [0.25, 0.3) is 6.54 Å². The average molecular weight is 149 g/mol. The lowest BCUT2D eigenvalue weighted by atomic mass is 10.2. The van der Waals surface area contributed by atoms with E-state index in [1.54, 1.807) is 13.2 Å². The molecule has 1 rings (SSSR count). The fraction of sp³-hybridized carbons (Fsp3) is 0.286. The summed E-state index contributed by atoms with van der Waals surface area (Å²) >= 11 is 0. The number of aryl methyl sites for hydroxylation is 1. The number of hydrogen-bond acceptors (Lipinski definition) is 2. The maximum Gasteiger partial charge on any atom is 0.276 e. The van der Waals surface area contributed by atoms with E-state index < -0.39 is 0 Å². The van der Waals surface area contributed by atoms with Crippen molar-refractivity contribution >= 4 is 5.78 Å². The summed E-state index contributed by atoms with van der Waals surface area (Å²) in [5.74, 6) is -0.173. The van der Waals surface area contributed by atoms with Crippen molar-refractivity contribution in [2.75, 3.05) is 6.54 Å². The number of rotatable bonds is 2. The number of aromatic nitrogens is 2. The molecule has 0 saturated heterocycles. The van der Waals surface area contributed by atoms with Gasteiger partial charge in [-0.1, -0.05) is 0 Å². The molecule has 0 aromatic carbocycles. The number of carbonyl (C=O) groups is 1. The highest BCUT2D eigenvalue weighted by atomic mass is 16.1. The van der Waals surface area contributed by atoms with Crippen LogP contribution in [0.2, 0.25) is 0 Å². The van der Waals surface area contributed by atoms with E-state index in [1.807, 2.05) is 0 Å². The Balaban J connectivity index is 2.78. The van der Waals surface area contributed by atoms with E-state index in [-0.39, 0.29) is 12.3 Å². The fourth-order valence-electron chi connectivity index (χ4n) is 0.728. The van der Waals surface area contributed by atoms with Gasteiger partial charge in [0, 0.05) is 13.2 Å². The van der Waals surface area contributed by atoms with Gasteiger partial charge < -0.3 is 4.85 Å². The summed E-state index contributed by atoms with van der Waals surface area (Å²) in [5, 5.41) is 3.81. The van der Waals surface area contributed by atoms with E-state index in [0.717, 1.165) is 0 Å². The zero-order valence-electron chi connectivity index (χ0n) is 6.11. The molecule has 0 fully saturated rings. The molecule has 0 aliphatic heterocycles. The zero-order valence-corrected chi connectivity index (χ0v) is 6.11. The maximum atomic E-state index is 11.0. The first-order valence-electron chi connectivity index (χ1n) is 3.09. The minimum atomic E-state index is -0.173. The molecule has 1 aromatic heterocycles. The van der Waals surface area contributed by atoms with E-state index in [0.29, 0.717) is 5.56 Å². The largest absolute Gasteiger partial charge is 0.308 e. The van der Waals surface area contributed by atoms with Gasteiger partial charge in [0.2, 0.25) is 5.78 Å². The molecule has 0 radical (unpaired) electrons. The van der Waals surface area contributed by atoms with Gasteiger partial charge in [-0.2, -0.15) is 5.10 Å². The topological polar surface area (TPSA) is 39.2 Å². The Kier molecular flexibility index (Phi) is 2.02. The summed E-state index contributed by atoms with van der Waals surface area (Å²) in [7, 11) is 1.73. The molecular weight excluding hydrogens is 142 g/mol. The predicted octanol–water partition coefficient (Wildman–Crippen LogP) is 0.522. The van der Waals surface area contributed by atoms with Crippen molar-refractivity contribution in [1.29, 1.82) is 0 Å². The van der Waals surface area contributed by atoms with Gasteiger partial charge in [-0.25, -0.2) is 6.57 Å². The Bertz CT molecular complexity index is 308. The molecule has 0 atom stereocenters. The quantitative estimate of drug-likeness (QED) is 0.454. The van der Waals surface area contributed by atoms with Crippen LogP contribution < -0.4 is 0 Å². The number of Topliss-reactive ketones (excluding diaryl/α,β-unsaturated/α-hetero) is 1. The molecule has 0 aliphatic carbocycles. The van der Waals surface area contributed by atoms with Crippen LogP contribution in [0.25, 0.3) is 4.85 Å². The molecule has 4 heteroatoms. The number of hydrogen-bond donors (Lipinski definition) is 0. The molecule has 1 aromatic rings. The third-order valence-corrected chi connectivity index (χ3v) is 1.25. The third kappa shape index (κ3) is 1.64. The van der Waals surface area contributed by atoms with Crippen molar-refractivity contribution in [3.05, 3.63) is 29.4 Å². The smallest absolute Gasteiger partial charge is 0.276 e. The third-order valence-electron chi connectivity index (χ3n) is 1.25. The van der Waals surface area contributed by atoms with Crippen molar-refractivity contribution < 1.29 is 4.79 Å². The first-order valence-corrected chi connectivity index (χ1v) is 3.09. The van der Waals surface area contributed by atoms with E-state index >= 15 is 0 Å². The van der Waals surface area contributed by atoms with Crippen LogP contribution in [0.15, 0.2) is 12.4 Å². The summed E-state index contributed by atoms with van der Waals surface area (Å²) in [6, 6.07) is 0. The molecular formula is C7H7N3O. The minimum absolute atomic E-state index is 0.0916. The lowest BCUT2D eigenvalue weighted by Gasteiger charge is -1.84. The van der Waals surface area contributed by atoms with Gasteiger partial charge in [0.05, 0.1) is 11.8 Å². The van der Waals surface area contributed by atoms with Gasteiger partial charge in [0.1, 0.15) is 0 Å². The predicted molar refractivity (Wildman–Crippen MR) is 39.0 cm³/mol. The van der Waals surface area contributed by atoms with Gasteiger partial charge in [-0.05, 0) is 0 Å². The summed E-state index contributed by atoms with van der Waals surface area (Å²) in [6.45, 7) is 6.37. The van der Waals surface area contributed by atoms with Gasteiger partial charge in [-0.15, -0.1) is 0 Å². The van der Waals surface area contributed by atoms with Crippen LogP contribution in [0.5, 0.6) is 0 Å². The molecule has 0 spiro atoms. The van der Waals surface area contributed by atoms with Crippen LogP contribution in [-0.2, 0) is 7.05 Å². The SMILES string of the molecule is [C-]#[N+]CC(=O)c1cnn(C)c1. The van der Waals surface area contributed by atoms with Crippen LogP contribution in [0.1, 0.15) is 10.4 Å². The van der Waals surface area contributed by atoms with Crippen molar-refractivity contribution in [3.63, 3.8) is 0 Å². The van der Waals surface area contributed by atoms with Crippen LogP contribution in [0.3, 0.4) is 0 Å². The second-order valence-corrected chi connectivity index (χ2v) is 2.14. The first kappa shape index (κ1) is 7.48. The molecule has 0 aliphatic rings. The number of ketones is 1. The summed E-state index contributed by atoms with van der Waals surface area (Å²) < 4.78 is 1.54. The summed E-state index contributed by atoms with van der Waals surface area (Å²) in [4.78, 5) is 14.0. The molecule has 1 heterocycles. The monoisotopic (exact) mass is 149 g/mol. The molecule has 0 amide bonds. The molecule has 0 saturated carbocycles. The number of nitrogens with zero attached hydrogens (tertiary/aromatic N) is 3. The van der Waals surface area contributed by atoms with Crippen LogP contribution >= 0.6 is 0 Å². The maximum absolute atomic E-state index is 11.0. The molecule has 0 unspecified atom stereocenters. The van der Waals surface area contributed by atoms with E-state index in [4.69, 9.17) is 6.57 Å². The number of carbonyl (C=O) groups excluding carboxylic acids is 1. The van der Waals surface area contributed by atoms with Crippen molar-refractivity contribution in [2.24, 2.45) is 7.05 Å². The minimum Gasteiger partial charge on any atom is -0.308 e. The lowest BCUT2D eigenvalue weighted by molar-refractivity contribution is 0.101. The van der Waals surface area contributed by atoms with Gasteiger partial charge in [0.15, 0.2) is 0 Å². The molecule has 0 N–H and O–H groups in total. The van der Waals surface area contributed by atoms with Crippen LogP contribution in [0, 0.1) is 6.57 Å². The second-order valence-electron chi connectivity index (χ2n) is 2.14. The highest BCUT2D eigenvalue weighted by molar-refractivity contribution is 5.98. The normalized spacial score (nSPS) is 9.09.